The number of hydrogen-bond acceptors (Lipinski definition) is 10. The van der Waals surface area contributed by atoms with E-state index in [1.807, 2.05) is 0 Å². The van der Waals surface area contributed by atoms with Gasteiger partial charge in [0.1, 0.15) is 36.6 Å². The Balaban J connectivity index is 2.25. The summed E-state index contributed by atoms with van der Waals surface area (Å²) in [6, 6.07) is -1.17. The molecular formula is C62H119NO10. The van der Waals surface area contributed by atoms with Crippen LogP contribution < -0.4 is 5.32 Å². The number of ether oxygens (including phenoxy) is 2. The summed E-state index contributed by atoms with van der Waals surface area (Å²) in [5, 5.41) is 76.3. The molecule has 1 saturated heterocycles. The van der Waals surface area contributed by atoms with Crippen LogP contribution in [-0.4, -0.2) is 110 Å². The maximum absolute atomic E-state index is 13.2. The van der Waals surface area contributed by atoms with Gasteiger partial charge in [-0.1, -0.05) is 276 Å². The van der Waals surface area contributed by atoms with E-state index < -0.39 is 74.2 Å². The number of amides is 1. The number of rotatable bonds is 54. The molecular weight excluding hydrogens is 919 g/mol. The number of carbonyl (C=O) groups is 1. The molecule has 1 heterocycles. The Morgan fingerprint density at radius 1 is 0.479 bits per heavy atom. The fourth-order valence-electron chi connectivity index (χ4n) is 10.2. The fourth-order valence-corrected chi connectivity index (χ4v) is 10.2. The first-order valence-electron chi connectivity index (χ1n) is 31.2. The molecule has 432 valence electrons. The Morgan fingerprint density at radius 2 is 0.836 bits per heavy atom. The van der Waals surface area contributed by atoms with Crippen molar-refractivity contribution in [2.45, 2.75) is 351 Å². The van der Waals surface area contributed by atoms with Crippen LogP contribution in [0.1, 0.15) is 296 Å². The number of allylic oxidation sites excluding steroid dienone is 4. The largest absolute Gasteiger partial charge is 0.394 e. The van der Waals surface area contributed by atoms with Gasteiger partial charge in [0.15, 0.2) is 6.29 Å². The van der Waals surface area contributed by atoms with E-state index in [0.29, 0.717) is 19.3 Å². The van der Waals surface area contributed by atoms with E-state index in [0.717, 1.165) is 44.9 Å². The molecule has 9 unspecified atom stereocenters. The molecule has 11 heteroatoms. The maximum Gasteiger partial charge on any atom is 0.249 e. The minimum atomic E-state index is -1.66. The molecule has 0 aromatic heterocycles. The Bertz CT molecular complexity index is 1240. The van der Waals surface area contributed by atoms with Gasteiger partial charge in [-0.25, -0.2) is 0 Å². The van der Waals surface area contributed by atoms with Crippen LogP contribution in [0.2, 0.25) is 0 Å². The van der Waals surface area contributed by atoms with Crippen LogP contribution in [-0.2, 0) is 14.3 Å². The maximum atomic E-state index is 13.2. The van der Waals surface area contributed by atoms with E-state index in [2.05, 4.69) is 43.5 Å². The van der Waals surface area contributed by atoms with Crippen molar-refractivity contribution in [2.75, 3.05) is 13.2 Å². The molecule has 9 atom stereocenters. The SMILES string of the molecule is CCCCCCCCCCC/C=C\C/C=C\CCCCCCCCCCCCCCC(O)C(=O)NC(COC1OC(CO)C(O)C(O)C1O)C(O)C(O)CCCCCCCCCCCCCCCCCCCC. The normalized spacial score (nSPS) is 20.0. The summed E-state index contributed by atoms with van der Waals surface area (Å²) < 4.78 is 11.2. The van der Waals surface area contributed by atoms with E-state index in [-0.39, 0.29) is 6.42 Å². The summed E-state index contributed by atoms with van der Waals surface area (Å²) in [6.07, 6.45) is 50.9. The van der Waals surface area contributed by atoms with Crippen molar-refractivity contribution >= 4 is 5.91 Å². The number of aliphatic hydroxyl groups excluding tert-OH is 7. The van der Waals surface area contributed by atoms with Gasteiger partial charge in [-0.2, -0.15) is 0 Å². The van der Waals surface area contributed by atoms with Gasteiger partial charge in [-0.3, -0.25) is 4.79 Å². The lowest BCUT2D eigenvalue weighted by molar-refractivity contribution is -0.303. The summed E-state index contributed by atoms with van der Waals surface area (Å²) in [5.74, 6) is -0.694. The minimum absolute atomic E-state index is 0.260. The highest BCUT2D eigenvalue weighted by atomic mass is 16.7. The van der Waals surface area contributed by atoms with Crippen LogP contribution in [0.4, 0.5) is 0 Å². The lowest BCUT2D eigenvalue weighted by atomic mass is 9.98. The molecule has 1 aliphatic rings. The van der Waals surface area contributed by atoms with Crippen LogP contribution in [0, 0.1) is 0 Å². The number of unbranched alkanes of at least 4 members (excludes halogenated alkanes) is 38. The van der Waals surface area contributed by atoms with Gasteiger partial charge in [0.2, 0.25) is 5.91 Å². The molecule has 0 aromatic rings. The van der Waals surface area contributed by atoms with Gasteiger partial charge in [0.25, 0.3) is 0 Å². The molecule has 1 fully saturated rings. The number of hydrogen-bond donors (Lipinski definition) is 8. The lowest BCUT2D eigenvalue weighted by Crippen LogP contribution is -2.60. The van der Waals surface area contributed by atoms with Crippen molar-refractivity contribution < 1.29 is 50.0 Å². The molecule has 73 heavy (non-hydrogen) atoms. The molecule has 11 nitrogen and oxygen atoms in total. The lowest BCUT2D eigenvalue weighted by Gasteiger charge is -2.40. The second-order valence-corrected chi connectivity index (χ2v) is 22.1. The van der Waals surface area contributed by atoms with E-state index >= 15 is 0 Å². The molecule has 0 saturated carbocycles. The molecule has 1 rings (SSSR count). The quantitative estimate of drug-likeness (QED) is 0.0215. The van der Waals surface area contributed by atoms with Crippen LogP contribution in [0.5, 0.6) is 0 Å². The average Bonchev–Trinajstić information content (AvgIpc) is 3.39. The van der Waals surface area contributed by atoms with Crippen molar-refractivity contribution in [1.82, 2.24) is 5.32 Å². The van der Waals surface area contributed by atoms with Crippen molar-refractivity contribution in [3.05, 3.63) is 24.3 Å². The van der Waals surface area contributed by atoms with Crippen LogP contribution >= 0.6 is 0 Å². The van der Waals surface area contributed by atoms with E-state index in [9.17, 15) is 40.5 Å². The summed E-state index contributed by atoms with van der Waals surface area (Å²) in [7, 11) is 0. The predicted octanol–water partition coefficient (Wildman–Crippen LogP) is 13.7. The summed E-state index contributed by atoms with van der Waals surface area (Å²) >= 11 is 0. The van der Waals surface area contributed by atoms with Crippen molar-refractivity contribution in [2.24, 2.45) is 0 Å². The van der Waals surface area contributed by atoms with Gasteiger partial charge in [-0.15, -0.1) is 0 Å². The van der Waals surface area contributed by atoms with Crippen LogP contribution in [0.25, 0.3) is 0 Å². The van der Waals surface area contributed by atoms with E-state index in [4.69, 9.17) is 9.47 Å². The Hall–Kier alpha value is -1.41. The summed E-state index contributed by atoms with van der Waals surface area (Å²) in [4.78, 5) is 13.2. The Labute approximate surface area is 448 Å². The fraction of sp³-hybridized carbons (Fsp3) is 0.919. The van der Waals surface area contributed by atoms with E-state index in [1.165, 1.54) is 212 Å². The predicted molar refractivity (Wildman–Crippen MR) is 302 cm³/mol. The van der Waals surface area contributed by atoms with Crippen molar-refractivity contribution in [3.63, 3.8) is 0 Å². The first-order valence-corrected chi connectivity index (χ1v) is 31.2. The molecule has 0 bridgehead atoms. The minimum Gasteiger partial charge on any atom is -0.394 e. The third-order valence-corrected chi connectivity index (χ3v) is 15.3. The highest BCUT2D eigenvalue weighted by molar-refractivity contribution is 5.80. The van der Waals surface area contributed by atoms with E-state index in [1.54, 1.807) is 0 Å². The molecule has 1 aliphatic heterocycles. The Kier molecular flexibility index (Phi) is 49.0. The smallest absolute Gasteiger partial charge is 0.249 e. The van der Waals surface area contributed by atoms with Gasteiger partial charge in [-0.05, 0) is 44.9 Å². The first-order chi connectivity index (χ1) is 35.7. The monoisotopic (exact) mass is 1040 g/mol. The zero-order valence-corrected chi connectivity index (χ0v) is 47.4. The van der Waals surface area contributed by atoms with Crippen LogP contribution in [0.15, 0.2) is 24.3 Å². The highest BCUT2D eigenvalue weighted by Crippen LogP contribution is 2.24. The third kappa shape index (κ3) is 39.6. The summed E-state index contributed by atoms with van der Waals surface area (Å²) in [5.41, 5.74) is 0. The van der Waals surface area contributed by atoms with Gasteiger partial charge < -0.3 is 50.5 Å². The zero-order valence-electron chi connectivity index (χ0n) is 47.4. The molecule has 0 spiro atoms. The second-order valence-electron chi connectivity index (χ2n) is 22.1. The second kappa shape index (κ2) is 51.4. The standard InChI is InChI=1S/C62H119NO10/c1-3-5-7-9-11-13-15-17-19-21-23-24-25-26-27-28-29-30-31-32-34-36-38-40-42-44-46-48-50-55(66)61(71)63-53(52-72-62-60(70)59(69)58(68)56(51-64)73-62)57(67)54(65)49-47-45-43-41-39-37-35-33-22-20-18-16-14-12-10-8-6-4-2/h23-24,26-27,53-60,62,64-70H,3-22,25,28-52H2,1-2H3,(H,63,71)/b24-23-,27-26-. The summed E-state index contributed by atoms with van der Waals surface area (Å²) in [6.45, 7) is 3.49. The van der Waals surface area contributed by atoms with Gasteiger partial charge in [0, 0.05) is 0 Å². The zero-order chi connectivity index (χ0) is 53.3. The first kappa shape index (κ1) is 69.6. The molecule has 8 N–H and O–H groups in total. The van der Waals surface area contributed by atoms with Crippen LogP contribution in [0.3, 0.4) is 0 Å². The van der Waals surface area contributed by atoms with Crippen molar-refractivity contribution in [1.29, 1.82) is 0 Å². The van der Waals surface area contributed by atoms with Crippen molar-refractivity contribution in [3.8, 4) is 0 Å². The number of carbonyl (C=O) groups excluding carboxylic acids is 1. The average molecular weight is 1040 g/mol. The molecule has 1 amide bonds. The van der Waals surface area contributed by atoms with Gasteiger partial charge in [0.05, 0.1) is 25.4 Å². The number of nitrogens with one attached hydrogen (secondary N) is 1. The molecule has 0 aliphatic carbocycles. The highest BCUT2D eigenvalue weighted by Gasteiger charge is 2.44. The molecule has 0 aromatic carbocycles. The molecule has 0 radical (unpaired) electrons. The topological polar surface area (TPSA) is 189 Å². The third-order valence-electron chi connectivity index (χ3n) is 15.3. The Morgan fingerprint density at radius 3 is 1.22 bits per heavy atom. The van der Waals surface area contributed by atoms with Gasteiger partial charge >= 0.3 is 0 Å². The number of aliphatic hydroxyl groups is 7.